The molecule has 0 bridgehead atoms. The van der Waals surface area contributed by atoms with Crippen molar-refractivity contribution in [3.63, 3.8) is 0 Å². The first-order chi connectivity index (χ1) is 8.38. The molecule has 0 aromatic heterocycles. The Morgan fingerprint density at radius 3 is 2.72 bits per heavy atom. The maximum Gasteiger partial charge on any atom is 0.240 e. The predicted molar refractivity (Wildman–Crippen MR) is 76.3 cm³/mol. The number of rotatable bonds is 5. The van der Waals surface area contributed by atoms with E-state index in [2.05, 4.69) is 20.7 Å². The lowest BCUT2D eigenvalue weighted by Crippen LogP contribution is -2.32. The van der Waals surface area contributed by atoms with Crippen LogP contribution in [0.15, 0.2) is 27.6 Å². The van der Waals surface area contributed by atoms with E-state index < -0.39 is 10.0 Å². The molecule has 0 spiro atoms. The van der Waals surface area contributed by atoms with E-state index in [-0.39, 0.29) is 10.9 Å². The van der Waals surface area contributed by atoms with E-state index in [0.717, 1.165) is 6.42 Å². The van der Waals surface area contributed by atoms with E-state index in [1.54, 1.807) is 6.07 Å². The quantitative estimate of drug-likeness (QED) is 0.880. The molecule has 1 aromatic carbocycles. The van der Waals surface area contributed by atoms with Gasteiger partial charge in [0, 0.05) is 10.5 Å². The number of hydrogen-bond acceptors (Lipinski definition) is 2. The smallest absolute Gasteiger partial charge is 0.208 e. The van der Waals surface area contributed by atoms with Gasteiger partial charge in [-0.2, -0.15) is 0 Å². The molecule has 1 unspecified atom stereocenters. The molecule has 1 atom stereocenters. The maximum absolute atomic E-state index is 12.1. The van der Waals surface area contributed by atoms with Gasteiger partial charge in [-0.05, 0) is 53.4 Å². The summed E-state index contributed by atoms with van der Waals surface area (Å²) in [6, 6.07) is 4.58. The first-order valence-electron chi connectivity index (χ1n) is 5.86. The van der Waals surface area contributed by atoms with Crippen LogP contribution in [-0.4, -0.2) is 14.5 Å². The summed E-state index contributed by atoms with van der Waals surface area (Å²) in [5.74, 6) is 0.694. The largest absolute Gasteiger partial charge is 0.240 e. The van der Waals surface area contributed by atoms with Gasteiger partial charge in [-0.25, -0.2) is 13.1 Å². The predicted octanol–water partition coefficient (Wildman–Crippen LogP) is 3.57. The topological polar surface area (TPSA) is 46.2 Å². The Labute approximate surface area is 121 Å². The van der Waals surface area contributed by atoms with Crippen LogP contribution >= 0.6 is 27.5 Å². The van der Waals surface area contributed by atoms with Crippen molar-refractivity contribution < 1.29 is 8.42 Å². The third-order valence-corrected chi connectivity index (χ3v) is 5.74. The van der Waals surface area contributed by atoms with Gasteiger partial charge < -0.3 is 0 Å². The summed E-state index contributed by atoms with van der Waals surface area (Å²) in [4.78, 5) is 0.237. The number of hydrogen-bond donors (Lipinski definition) is 1. The van der Waals surface area contributed by atoms with Crippen molar-refractivity contribution in [2.45, 2.75) is 37.1 Å². The highest BCUT2D eigenvalue weighted by Crippen LogP contribution is 2.33. The Morgan fingerprint density at radius 1 is 1.50 bits per heavy atom. The zero-order valence-corrected chi connectivity index (χ0v) is 13.1. The lowest BCUT2D eigenvalue weighted by atomic mass is 10.2. The average molecular weight is 353 g/mol. The van der Waals surface area contributed by atoms with Gasteiger partial charge >= 0.3 is 0 Å². The third-order valence-electron chi connectivity index (χ3n) is 2.94. The molecular formula is C12H15BrClNO2S. The normalized spacial score (nSPS) is 17.7. The van der Waals surface area contributed by atoms with Crippen LogP contribution < -0.4 is 4.72 Å². The van der Waals surface area contributed by atoms with Crippen molar-refractivity contribution in [3.05, 3.63) is 27.7 Å². The highest BCUT2D eigenvalue weighted by molar-refractivity contribution is 9.10. The fraction of sp³-hybridized carbons (Fsp3) is 0.500. The molecule has 6 heteroatoms. The summed E-state index contributed by atoms with van der Waals surface area (Å²) in [6.45, 7) is 1.90. The van der Waals surface area contributed by atoms with Crippen molar-refractivity contribution in [2.75, 3.05) is 0 Å². The molecule has 0 aliphatic heterocycles. The van der Waals surface area contributed by atoms with Crippen LogP contribution in [-0.2, 0) is 10.0 Å². The van der Waals surface area contributed by atoms with Crippen molar-refractivity contribution in [1.82, 2.24) is 4.72 Å². The molecule has 100 valence electrons. The minimum atomic E-state index is -3.46. The molecule has 18 heavy (non-hydrogen) atoms. The van der Waals surface area contributed by atoms with Gasteiger partial charge in [0.25, 0.3) is 0 Å². The number of benzene rings is 1. The van der Waals surface area contributed by atoms with Crippen molar-refractivity contribution in [2.24, 2.45) is 5.92 Å². The molecule has 1 aliphatic rings. The van der Waals surface area contributed by atoms with E-state index in [9.17, 15) is 8.42 Å². The van der Waals surface area contributed by atoms with Crippen molar-refractivity contribution in [1.29, 1.82) is 0 Å². The number of sulfonamides is 1. The van der Waals surface area contributed by atoms with Crippen LogP contribution in [0.5, 0.6) is 0 Å². The third kappa shape index (κ3) is 3.70. The summed E-state index contributed by atoms with van der Waals surface area (Å²) < 4.78 is 27.5. The number of nitrogens with one attached hydrogen (secondary N) is 1. The van der Waals surface area contributed by atoms with E-state index in [1.165, 1.54) is 25.0 Å². The van der Waals surface area contributed by atoms with Gasteiger partial charge in [0.15, 0.2) is 0 Å². The molecule has 1 aliphatic carbocycles. The molecule has 1 aromatic rings. The van der Waals surface area contributed by atoms with Crippen LogP contribution in [0.3, 0.4) is 0 Å². The molecule has 0 saturated heterocycles. The Balaban J connectivity index is 2.11. The zero-order chi connectivity index (χ0) is 13.3. The lowest BCUT2D eigenvalue weighted by Gasteiger charge is -2.14. The average Bonchev–Trinajstić information content (AvgIpc) is 3.04. The lowest BCUT2D eigenvalue weighted by molar-refractivity contribution is 0.530. The molecule has 1 saturated carbocycles. The van der Waals surface area contributed by atoms with E-state index in [1.807, 2.05) is 6.92 Å². The molecule has 3 nitrogen and oxygen atoms in total. The Morgan fingerprint density at radius 2 is 2.17 bits per heavy atom. The minimum absolute atomic E-state index is 0.0306. The summed E-state index contributed by atoms with van der Waals surface area (Å²) in [6.07, 6.45) is 3.35. The fourth-order valence-corrected chi connectivity index (χ4v) is 3.81. The van der Waals surface area contributed by atoms with Gasteiger partial charge in [0.1, 0.15) is 0 Å². The summed E-state index contributed by atoms with van der Waals surface area (Å²) in [5.41, 5.74) is 0. The maximum atomic E-state index is 12.1. The monoisotopic (exact) mass is 351 g/mol. The van der Waals surface area contributed by atoms with Crippen LogP contribution in [0.25, 0.3) is 0 Å². The molecule has 0 amide bonds. The van der Waals surface area contributed by atoms with Crippen LogP contribution in [0.2, 0.25) is 5.02 Å². The summed E-state index contributed by atoms with van der Waals surface area (Å²) in [7, 11) is -3.46. The van der Waals surface area contributed by atoms with E-state index in [0.29, 0.717) is 15.4 Å². The Hall–Kier alpha value is -0.100. The van der Waals surface area contributed by atoms with Crippen LogP contribution in [0.4, 0.5) is 0 Å². The molecule has 1 N–H and O–H groups in total. The van der Waals surface area contributed by atoms with Crippen molar-refractivity contribution >= 4 is 37.6 Å². The molecular weight excluding hydrogens is 338 g/mol. The van der Waals surface area contributed by atoms with Gasteiger partial charge in [0.2, 0.25) is 10.0 Å². The van der Waals surface area contributed by atoms with Crippen molar-refractivity contribution in [3.8, 4) is 0 Å². The highest BCUT2D eigenvalue weighted by Gasteiger charge is 2.26. The van der Waals surface area contributed by atoms with Crippen LogP contribution in [0.1, 0.15) is 26.2 Å². The van der Waals surface area contributed by atoms with Gasteiger partial charge in [-0.1, -0.05) is 24.4 Å². The minimum Gasteiger partial charge on any atom is -0.208 e. The van der Waals surface area contributed by atoms with Gasteiger partial charge in [0.05, 0.1) is 9.92 Å². The molecule has 2 rings (SSSR count). The molecule has 0 radical (unpaired) electrons. The second kappa shape index (κ2) is 5.49. The first-order valence-corrected chi connectivity index (χ1v) is 8.51. The van der Waals surface area contributed by atoms with Gasteiger partial charge in [-0.15, -0.1) is 0 Å². The van der Waals surface area contributed by atoms with E-state index >= 15 is 0 Å². The van der Waals surface area contributed by atoms with Gasteiger partial charge in [-0.3, -0.25) is 0 Å². The second-order valence-electron chi connectivity index (χ2n) is 4.78. The zero-order valence-electron chi connectivity index (χ0n) is 9.99. The standard InChI is InChI=1S/C12H15BrClNO2S/c1-8(6-9-2-3-9)15-18(16,17)10-4-5-12(14)11(13)7-10/h4-5,7-9,15H,2-3,6H2,1H3. The second-order valence-corrected chi connectivity index (χ2v) is 7.75. The fourth-order valence-electron chi connectivity index (χ4n) is 1.88. The Bertz CT molecular complexity index is 543. The summed E-state index contributed by atoms with van der Waals surface area (Å²) >= 11 is 9.08. The highest BCUT2D eigenvalue weighted by atomic mass is 79.9. The Kier molecular flexibility index (Phi) is 4.36. The SMILES string of the molecule is CC(CC1CC1)NS(=O)(=O)c1ccc(Cl)c(Br)c1. The van der Waals surface area contributed by atoms with E-state index in [4.69, 9.17) is 11.6 Å². The molecule has 1 fully saturated rings. The summed E-state index contributed by atoms with van der Waals surface area (Å²) in [5, 5.41) is 0.500. The first kappa shape index (κ1) is 14.3. The number of halogens is 2. The van der Waals surface area contributed by atoms with Crippen LogP contribution in [0, 0.1) is 5.92 Å². The molecule has 0 heterocycles.